The van der Waals surface area contributed by atoms with Gasteiger partial charge in [0.2, 0.25) is 0 Å². The molecule has 1 rings (SSSR count). The number of benzene rings is 1. The first-order chi connectivity index (χ1) is 10.1. The average molecular weight is 315 g/mol. The fourth-order valence-electron chi connectivity index (χ4n) is 1.62. The first kappa shape index (κ1) is 17.3. The first-order valence-corrected chi connectivity index (χ1v) is 7.21. The van der Waals surface area contributed by atoms with E-state index < -0.39 is 5.97 Å². The van der Waals surface area contributed by atoms with E-state index >= 15 is 0 Å². The highest BCUT2D eigenvalue weighted by Crippen LogP contribution is 2.24. The molecule has 6 heteroatoms. The van der Waals surface area contributed by atoms with Crippen LogP contribution in [-0.4, -0.2) is 31.8 Å². The Bertz CT molecular complexity index is 487. The van der Waals surface area contributed by atoms with Crippen LogP contribution in [-0.2, 0) is 14.3 Å². The zero-order valence-electron chi connectivity index (χ0n) is 12.2. The average Bonchev–Trinajstić information content (AvgIpc) is 2.44. The maximum atomic E-state index is 11.8. The summed E-state index contributed by atoms with van der Waals surface area (Å²) in [5.74, 6) is -0.378. The monoisotopic (exact) mass is 314 g/mol. The molecular weight excluding hydrogens is 296 g/mol. The summed E-state index contributed by atoms with van der Waals surface area (Å²) in [6, 6.07) is 4.71. The third-order valence-corrected chi connectivity index (χ3v) is 2.76. The molecule has 0 radical (unpaired) electrons. The maximum Gasteiger partial charge on any atom is 0.341 e. The van der Waals surface area contributed by atoms with Gasteiger partial charge in [0.1, 0.15) is 11.3 Å². The molecule has 0 bridgehead atoms. The lowest BCUT2D eigenvalue weighted by molar-refractivity contribution is -0.143. The molecule has 0 heterocycles. The molecule has 0 saturated carbocycles. The van der Waals surface area contributed by atoms with Gasteiger partial charge in [-0.1, -0.05) is 11.6 Å². The fourth-order valence-corrected chi connectivity index (χ4v) is 1.79. The lowest BCUT2D eigenvalue weighted by Crippen LogP contribution is -2.10. The number of hydrogen-bond donors (Lipinski definition) is 0. The smallest absolute Gasteiger partial charge is 0.341 e. The van der Waals surface area contributed by atoms with Gasteiger partial charge in [0.15, 0.2) is 0 Å². The van der Waals surface area contributed by atoms with Crippen LogP contribution in [0.2, 0.25) is 5.02 Å². The second-order valence-electron chi connectivity index (χ2n) is 4.12. The Morgan fingerprint density at radius 2 is 1.86 bits per heavy atom. The largest absolute Gasteiger partial charge is 0.493 e. The van der Waals surface area contributed by atoms with Crippen molar-refractivity contribution in [2.45, 2.75) is 26.7 Å². The summed E-state index contributed by atoms with van der Waals surface area (Å²) in [6.45, 7) is 4.41. The van der Waals surface area contributed by atoms with Crippen molar-refractivity contribution in [2.75, 3.05) is 19.8 Å². The van der Waals surface area contributed by atoms with Crippen LogP contribution in [0.3, 0.4) is 0 Å². The Kier molecular flexibility index (Phi) is 7.61. The topological polar surface area (TPSA) is 61.8 Å². The summed E-state index contributed by atoms with van der Waals surface area (Å²) in [5, 5.41) is 0.462. The maximum absolute atomic E-state index is 11.8. The molecule has 0 unspecified atom stereocenters. The normalized spacial score (nSPS) is 10.0. The highest BCUT2D eigenvalue weighted by Gasteiger charge is 2.14. The molecule has 0 spiro atoms. The molecular formula is C15H19ClO5. The van der Waals surface area contributed by atoms with E-state index in [1.807, 2.05) is 0 Å². The van der Waals surface area contributed by atoms with Crippen LogP contribution in [0.25, 0.3) is 0 Å². The number of carbonyl (C=O) groups is 2. The van der Waals surface area contributed by atoms with Crippen LogP contribution >= 0.6 is 11.6 Å². The van der Waals surface area contributed by atoms with Gasteiger partial charge in [-0.15, -0.1) is 0 Å². The molecule has 0 amide bonds. The van der Waals surface area contributed by atoms with Crippen molar-refractivity contribution < 1.29 is 23.8 Å². The summed E-state index contributed by atoms with van der Waals surface area (Å²) >= 11 is 5.90. The van der Waals surface area contributed by atoms with Crippen LogP contribution in [0.1, 0.15) is 37.0 Å². The van der Waals surface area contributed by atoms with Gasteiger partial charge in [0.25, 0.3) is 0 Å². The quantitative estimate of drug-likeness (QED) is 0.544. The van der Waals surface area contributed by atoms with E-state index in [9.17, 15) is 9.59 Å². The second-order valence-corrected chi connectivity index (χ2v) is 4.55. The van der Waals surface area contributed by atoms with Gasteiger partial charge in [-0.25, -0.2) is 4.79 Å². The first-order valence-electron chi connectivity index (χ1n) is 6.83. The zero-order valence-corrected chi connectivity index (χ0v) is 12.9. The molecule has 21 heavy (non-hydrogen) atoms. The molecule has 1 aromatic carbocycles. The Morgan fingerprint density at radius 3 is 2.52 bits per heavy atom. The Morgan fingerprint density at radius 1 is 1.14 bits per heavy atom. The van der Waals surface area contributed by atoms with E-state index in [0.29, 0.717) is 29.4 Å². The molecule has 0 aromatic heterocycles. The molecule has 0 atom stereocenters. The second kappa shape index (κ2) is 9.23. The van der Waals surface area contributed by atoms with Crippen molar-refractivity contribution in [3.05, 3.63) is 28.8 Å². The van der Waals surface area contributed by atoms with Gasteiger partial charge in [-0.3, -0.25) is 4.79 Å². The lowest BCUT2D eigenvalue weighted by atomic mass is 10.2. The van der Waals surface area contributed by atoms with E-state index in [1.54, 1.807) is 32.0 Å². The molecule has 0 saturated heterocycles. The van der Waals surface area contributed by atoms with Gasteiger partial charge in [0, 0.05) is 11.4 Å². The Hall–Kier alpha value is -1.75. The molecule has 0 aliphatic rings. The van der Waals surface area contributed by atoms with Crippen LogP contribution < -0.4 is 4.74 Å². The van der Waals surface area contributed by atoms with Gasteiger partial charge in [0.05, 0.1) is 19.8 Å². The number of esters is 2. The fraction of sp³-hybridized carbons (Fsp3) is 0.467. The van der Waals surface area contributed by atoms with Crippen molar-refractivity contribution in [3.63, 3.8) is 0 Å². The highest BCUT2D eigenvalue weighted by molar-refractivity contribution is 6.30. The minimum Gasteiger partial charge on any atom is -0.493 e. The number of halogens is 1. The minimum atomic E-state index is -0.463. The Labute approximate surface area is 129 Å². The van der Waals surface area contributed by atoms with Crippen molar-refractivity contribution >= 4 is 23.5 Å². The van der Waals surface area contributed by atoms with Crippen molar-refractivity contribution in [1.82, 2.24) is 0 Å². The standard InChI is InChI=1S/C15H19ClO5/c1-3-19-14(17)6-5-9-21-13-10-11(16)7-8-12(13)15(18)20-4-2/h7-8,10H,3-6,9H2,1-2H3. The minimum absolute atomic E-state index is 0.266. The van der Waals surface area contributed by atoms with E-state index in [0.717, 1.165) is 0 Å². The number of rotatable bonds is 8. The number of hydrogen-bond acceptors (Lipinski definition) is 5. The molecule has 1 aromatic rings. The third kappa shape index (κ3) is 6.04. The van der Waals surface area contributed by atoms with Crippen molar-refractivity contribution in [1.29, 1.82) is 0 Å². The van der Waals surface area contributed by atoms with Crippen LogP contribution in [0.5, 0.6) is 5.75 Å². The van der Waals surface area contributed by atoms with Crippen molar-refractivity contribution in [2.24, 2.45) is 0 Å². The SMILES string of the molecule is CCOC(=O)CCCOc1cc(Cl)ccc1C(=O)OCC. The molecule has 0 N–H and O–H groups in total. The van der Waals surface area contributed by atoms with Gasteiger partial charge >= 0.3 is 11.9 Å². The summed E-state index contributed by atoms with van der Waals surface area (Å²) < 4.78 is 15.3. The molecule has 0 aliphatic heterocycles. The number of ether oxygens (including phenoxy) is 3. The van der Waals surface area contributed by atoms with Gasteiger partial charge in [-0.05, 0) is 38.5 Å². The van der Waals surface area contributed by atoms with Gasteiger partial charge < -0.3 is 14.2 Å². The molecule has 5 nitrogen and oxygen atoms in total. The van der Waals surface area contributed by atoms with Crippen LogP contribution in [0, 0.1) is 0 Å². The molecule has 0 aliphatic carbocycles. The summed E-state index contributed by atoms with van der Waals surface area (Å²) in [7, 11) is 0. The number of carbonyl (C=O) groups excluding carboxylic acids is 2. The summed E-state index contributed by atoms with van der Waals surface area (Å²) in [4.78, 5) is 23.0. The summed E-state index contributed by atoms with van der Waals surface area (Å²) in [6.07, 6.45) is 0.761. The summed E-state index contributed by atoms with van der Waals surface area (Å²) in [5.41, 5.74) is 0.317. The predicted molar refractivity (Wildman–Crippen MR) is 78.8 cm³/mol. The molecule has 0 fully saturated rings. The van der Waals surface area contributed by atoms with Gasteiger partial charge in [-0.2, -0.15) is 0 Å². The lowest BCUT2D eigenvalue weighted by Gasteiger charge is -2.11. The van der Waals surface area contributed by atoms with E-state index in [-0.39, 0.29) is 25.6 Å². The zero-order chi connectivity index (χ0) is 15.7. The van der Waals surface area contributed by atoms with E-state index in [4.69, 9.17) is 25.8 Å². The van der Waals surface area contributed by atoms with E-state index in [1.165, 1.54) is 0 Å². The van der Waals surface area contributed by atoms with Crippen LogP contribution in [0.15, 0.2) is 18.2 Å². The van der Waals surface area contributed by atoms with E-state index in [2.05, 4.69) is 0 Å². The predicted octanol–water partition coefficient (Wildman–Crippen LogP) is 3.24. The van der Waals surface area contributed by atoms with Crippen LogP contribution in [0.4, 0.5) is 0 Å². The highest BCUT2D eigenvalue weighted by atomic mass is 35.5. The Balaban J connectivity index is 2.59. The third-order valence-electron chi connectivity index (χ3n) is 2.53. The molecule has 116 valence electrons. The van der Waals surface area contributed by atoms with Crippen molar-refractivity contribution in [3.8, 4) is 5.75 Å².